The van der Waals surface area contributed by atoms with E-state index in [0.29, 0.717) is 23.9 Å². The van der Waals surface area contributed by atoms with Gasteiger partial charge in [0.2, 0.25) is 11.9 Å². The van der Waals surface area contributed by atoms with Crippen molar-refractivity contribution in [3.05, 3.63) is 64.7 Å². The highest BCUT2D eigenvalue weighted by Gasteiger charge is 2.39. The highest BCUT2D eigenvalue weighted by Crippen LogP contribution is 2.34. The predicted molar refractivity (Wildman–Crippen MR) is 86.2 cm³/mol. The first-order valence-electron chi connectivity index (χ1n) is 7.20. The number of rotatable bonds is 2. The van der Waals surface area contributed by atoms with Crippen molar-refractivity contribution in [2.45, 2.75) is 19.0 Å². The van der Waals surface area contributed by atoms with Gasteiger partial charge in [0.1, 0.15) is 6.04 Å². The summed E-state index contributed by atoms with van der Waals surface area (Å²) in [5, 5.41) is 3.57. The van der Waals surface area contributed by atoms with Gasteiger partial charge < -0.3 is 4.90 Å². The first kappa shape index (κ1) is 13.3. The number of amides is 1. The van der Waals surface area contributed by atoms with Crippen LogP contribution in [0.1, 0.15) is 11.1 Å². The smallest absolute Gasteiger partial charge is 0.249 e. The molecule has 0 aromatic heterocycles. The average molecular weight is 312 g/mol. The predicted octanol–water partition coefficient (Wildman–Crippen LogP) is 2.88. The topological polar surface area (TPSA) is 44.7 Å². The second-order valence-corrected chi connectivity index (χ2v) is 5.90. The van der Waals surface area contributed by atoms with Crippen molar-refractivity contribution < 1.29 is 4.79 Å². The minimum Gasteiger partial charge on any atom is -0.325 e. The molecule has 4 nitrogen and oxygen atoms in total. The van der Waals surface area contributed by atoms with E-state index in [9.17, 15) is 4.79 Å². The Balaban J connectivity index is 1.67. The third kappa shape index (κ3) is 2.16. The van der Waals surface area contributed by atoms with E-state index >= 15 is 0 Å². The molecule has 0 saturated carbocycles. The number of carbonyl (C=O) groups is 1. The Bertz CT molecular complexity index is 773. The van der Waals surface area contributed by atoms with Gasteiger partial charge in [0.25, 0.3) is 0 Å². The van der Waals surface area contributed by atoms with E-state index in [1.165, 1.54) is 0 Å². The molecular weight excluding hydrogens is 298 g/mol. The average Bonchev–Trinajstić information content (AvgIpc) is 2.82. The van der Waals surface area contributed by atoms with E-state index in [4.69, 9.17) is 11.6 Å². The van der Waals surface area contributed by atoms with Gasteiger partial charge in [-0.25, -0.2) is 4.99 Å². The van der Waals surface area contributed by atoms with Crippen molar-refractivity contribution in [2.75, 3.05) is 0 Å². The van der Waals surface area contributed by atoms with Crippen molar-refractivity contribution in [3.63, 3.8) is 0 Å². The molecule has 110 valence electrons. The summed E-state index contributed by atoms with van der Waals surface area (Å²) in [4.78, 5) is 18.9. The van der Waals surface area contributed by atoms with Crippen LogP contribution in [0, 0.1) is 0 Å². The Kier molecular flexibility index (Phi) is 3.12. The summed E-state index contributed by atoms with van der Waals surface area (Å²) in [5.41, 5.74) is 2.94. The first-order valence-corrected chi connectivity index (χ1v) is 7.58. The van der Waals surface area contributed by atoms with Gasteiger partial charge in [-0.15, -0.1) is 0 Å². The lowest BCUT2D eigenvalue weighted by Gasteiger charge is -2.28. The molecule has 2 aliphatic heterocycles. The van der Waals surface area contributed by atoms with Gasteiger partial charge in [-0.3, -0.25) is 10.1 Å². The molecule has 5 heteroatoms. The number of carbonyl (C=O) groups excluding carboxylic acids is 1. The zero-order valence-electron chi connectivity index (χ0n) is 11.8. The lowest BCUT2D eigenvalue weighted by Crippen LogP contribution is -2.38. The maximum Gasteiger partial charge on any atom is 0.249 e. The van der Waals surface area contributed by atoms with Crippen LogP contribution >= 0.6 is 11.6 Å². The van der Waals surface area contributed by atoms with Gasteiger partial charge in [0, 0.05) is 17.0 Å². The Morgan fingerprint density at radius 1 is 1.18 bits per heavy atom. The SMILES string of the molecule is O=C1NC2=Nc3cccc(Cl)c3CN2C1Cc1ccccc1. The molecule has 2 aliphatic rings. The third-order valence-electron chi connectivity index (χ3n) is 4.11. The molecule has 22 heavy (non-hydrogen) atoms. The Morgan fingerprint density at radius 2 is 2.00 bits per heavy atom. The molecule has 2 heterocycles. The maximum absolute atomic E-state index is 12.3. The molecule has 0 spiro atoms. The fraction of sp³-hybridized carbons (Fsp3) is 0.176. The summed E-state index contributed by atoms with van der Waals surface area (Å²) in [5.74, 6) is 0.618. The molecule has 4 rings (SSSR count). The molecule has 2 aromatic carbocycles. The lowest BCUT2D eigenvalue weighted by molar-refractivity contribution is -0.121. The van der Waals surface area contributed by atoms with Crippen LogP contribution in [0.4, 0.5) is 5.69 Å². The van der Waals surface area contributed by atoms with Crippen LogP contribution in [0.25, 0.3) is 0 Å². The molecule has 1 saturated heterocycles. The zero-order chi connectivity index (χ0) is 15.1. The van der Waals surface area contributed by atoms with Crippen LogP contribution in [0.15, 0.2) is 53.5 Å². The van der Waals surface area contributed by atoms with E-state index < -0.39 is 0 Å². The largest absolute Gasteiger partial charge is 0.325 e. The number of nitrogens with one attached hydrogen (secondary N) is 1. The number of halogens is 1. The van der Waals surface area contributed by atoms with Crippen LogP contribution in [-0.2, 0) is 17.8 Å². The minimum atomic E-state index is -0.245. The molecule has 2 aromatic rings. The molecule has 1 fully saturated rings. The molecule has 0 bridgehead atoms. The van der Waals surface area contributed by atoms with E-state index in [1.54, 1.807) is 0 Å². The molecule has 1 atom stereocenters. The standard InChI is InChI=1S/C17H14ClN3O/c18-13-7-4-8-14-12(13)10-21-15(16(22)20-17(21)19-14)9-11-5-2-1-3-6-11/h1-8,15H,9-10H2,(H,19,20,22). The van der Waals surface area contributed by atoms with Crippen LogP contribution in [0.2, 0.25) is 5.02 Å². The number of nitrogens with zero attached hydrogens (tertiary/aromatic N) is 2. The van der Waals surface area contributed by atoms with Gasteiger partial charge in [0.05, 0.1) is 12.2 Å². The maximum atomic E-state index is 12.3. The number of benzene rings is 2. The fourth-order valence-electron chi connectivity index (χ4n) is 2.96. The zero-order valence-corrected chi connectivity index (χ0v) is 12.5. The molecule has 1 amide bonds. The van der Waals surface area contributed by atoms with Crippen molar-refractivity contribution in [1.82, 2.24) is 10.2 Å². The lowest BCUT2D eigenvalue weighted by atomic mass is 10.0. The van der Waals surface area contributed by atoms with Crippen molar-refractivity contribution in [1.29, 1.82) is 0 Å². The van der Waals surface area contributed by atoms with E-state index in [2.05, 4.69) is 10.3 Å². The second-order valence-electron chi connectivity index (χ2n) is 5.50. The molecule has 1 N–H and O–H groups in total. The van der Waals surface area contributed by atoms with Crippen LogP contribution in [0.3, 0.4) is 0 Å². The second kappa shape index (κ2) is 5.14. The van der Waals surface area contributed by atoms with Crippen molar-refractivity contribution in [2.24, 2.45) is 4.99 Å². The fourth-order valence-corrected chi connectivity index (χ4v) is 3.19. The molecule has 1 unspecified atom stereocenters. The summed E-state index contributed by atoms with van der Waals surface area (Å²) in [6.07, 6.45) is 0.658. The number of guanidine groups is 1. The highest BCUT2D eigenvalue weighted by molar-refractivity contribution is 6.31. The number of hydrogen-bond acceptors (Lipinski definition) is 3. The molecule has 0 aliphatic carbocycles. The normalized spacial score (nSPS) is 19.3. The quantitative estimate of drug-likeness (QED) is 0.927. The van der Waals surface area contributed by atoms with Crippen LogP contribution < -0.4 is 5.32 Å². The van der Waals surface area contributed by atoms with Gasteiger partial charge in [-0.05, 0) is 17.7 Å². The minimum absolute atomic E-state index is 0.00784. The summed E-state index contributed by atoms with van der Waals surface area (Å²) in [7, 11) is 0. The van der Waals surface area contributed by atoms with Gasteiger partial charge in [-0.2, -0.15) is 0 Å². The van der Waals surface area contributed by atoms with E-state index in [0.717, 1.165) is 16.8 Å². The van der Waals surface area contributed by atoms with E-state index in [1.807, 2.05) is 53.4 Å². The van der Waals surface area contributed by atoms with Crippen LogP contribution in [-0.4, -0.2) is 22.8 Å². The van der Waals surface area contributed by atoms with Crippen molar-refractivity contribution >= 4 is 29.2 Å². The number of hydrogen-bond donors (Lipinski definition) is 1. The molecule has 0 radical (unpaired) electrons. The first-order chi connectivity index (χ1) is 10.7. The summed E-state index contributed by atoms with van der Waals surface area (Å²) in [6, 6.07) is 15.4. The summed E-state index contributed by atoms with van der Waals surface area (Å²) in [6.45, 7) is 0.601. The van der Waals surface area contributed by atoms with Crippen molar-refractivity contribution in [3.8, 4) is 0 Å². The molecular formula is C17H14ClN3O. The summed E-state index contributed by atoms with van der Waals surface area (Å²) >= 11 is 6.28. The number of aliphatic imine (C=N–C) groups is 1. The summed E-state index contributed by atoms with van der Waals surface area (Å²) < 4.78 is 0. The van der Waals surface area contributed by atoms with Gasteiger partial charge in [-0.1, -0.05) is 48.0 Å². The number of fused-ring (bicyclic) bond motifs is 2. The monoisotopic (exact) mass is 311 g/mol. The van der Waals surface area contributed by atoms with Gasteiger partial charge in [0.15, 0.2) is 0 Å². The van der Waals surface area contributed by atoms with E-state index in [-0.39, 0.29) is 11.9 Å². The van der Waals surface area contributed by atoms with Gasteiger partial charge >= 0.3 is 0 Å². The Morgan fingerprint density at radius 3 is 2.82 bits per heavy atom. The highest BCUT2D eigenvalue weighted by atomic mass is 35.5. The Hall–Kier alpha value is -2.33. The third-order valence-corrected chi connectivity index (χ3v) is 4.46. The van der Waals surface area contributed by atoms with Crippen LogP contribution in [0.5, 0.6) is 0 Å². The Labute approximate surface area is 133 Å².